The third-order valence-corrected chi connectivity index (χ3v) is 6.56. The summed E-state index contributed by atoms with van der Waals surface area (Å²) in [5.41, 5.74) is 5.90. The molecule has 0 N–H and O–H groups in total. The van der Waals surface area contributed by atoms with Gasteiger partial charge in [-0.15, -0.1) is 0 Å². The fourth-order valence-corrected chi connectivity index (χ4v) is 4.63. The number of anilines is 1. The molecule has 1 aliphatic carbocycles. The van der Waals surface area contributed by atoms with Gasteiger partial charge >= 0.3 is 0 Å². The Hall–Kier alpha value is -1.83. The summed E-state index contributed by atoms with van der Waals surface area (Å²) in [5.74, 6) is 1.14. The molecule has 0 radical (unpaired) electrons. The highest BCUT2D eigenvalue weighted by Gasteiger charge is 2.37. The Morgan fingerprint density at radius 1 is 0.808 bits per heavy atom. The second-order valence-electron chi connectivity index (χ2n) is 9.46. The Kier molecular flexibility index (Phi) is 4.33. The summed E-state index contributed by atoms with van der Waals surface area (Å²) in [6, 6.07) is 13.6. The first-order chi connectivity index (χ1) is 12.4. The lowest BCUT2D eigenvalue weighted by atomic mass is 9.63. The fraction of sp³-hybridized carbons (Fsp3) is 0.542. The van der Waals surface area contributed by atoms with E-state index in [1.54, 1.807) is 0 Å². The van der Waals surface area contributed by atoms with Gasteiger partial charge in [-0.1, -0.05) is 45.9 Å². The number of pyridine rings is 1. The van der Waals surface area contributed by atoms with Crippen molar-refractivity contribution in [2.45, 2.75) is 70.6 Å². The molecule has 1 aromatic carbocycles. The quantitative estimate of drug-likeness (QED) is 0.653. The second-order valence-corrected chi connectivity index (χ2v) is 9.46. The minimum absolute atomic E-state index is 0.241. The highest BCUT2D eigenvalue weighted by molar-refractivity contribution is 5.65. The summed E-state index contributed by atoms with van der Waals surface area (Å²) >= 11 is 0. The van der Waals surface area contributed by atoms with Crippen LogP contribution in [0.15, 0.2) is 36.4 Å². The van der Waals surface area contributed by atoms with Gasteiger partial charge in [0.05, 0.1) is 5.69 Å². The van der Waals surface area contributed by atoms with Crippen molar-refractivity contribution in [3.63, 3.8) is 0 Å². The van der Waals surface area contributed by atoms with Crippen LogP contribution in [0.25, 0.3) is 11.3 Å². The van der Waals surface area contributed by atoms with Gasteiger partial charge in [-0.05, 0) is 72.3 Å². The minimum Gasteiger partial charge on any atom is -0.357 e. The Bertz CT molecular complexity index is 798. The molecule has 26 heavy (non-hydrogen) atoms. The van der Waals surface area contributed by atoms with Crippen LogP contribution in [0.1, 0.15) is 70.9 Å². The number of rotatable bonds is 2. The van der Waals surface area contributed by atoms with Gasteiger partial charge in [-0.2, -0.15) is 0 Å². The molecule has 0 spiro atoms. The molecule has 0 amide bonds. The average molecular weight is 349 g/mol. The van der Waals surface area contributed by atoms with Gasteiger partial charge in [0.15, 0.2) is 0 Å². The number of nitrogens with zero attached hydrogens (tertiary/aromatic N) is 2. The average Bonchev–Trinajstić information content (AvgIpc) is 2.66. The summed E-state index contributed by atoms with van der Waals surface area (Å²) in [5, 5.41) is 0. The molecule has 0 unspecified atom stereocenters. The van der Waals surface area contributed by atoms with Crippen molar-refractivity contribution in [2.24, 2.45) is 0 Å². The SMILES string of the molecule is CC1(C)CCC(C)(C)c2cc(-c3cccc(N4CCCCC4)n3)ccc21. The van der Waals surface area contributed by atoms with Crippen LogP contribution < -0.4 is 4.90 Å². The predicted octanol–water partition coefficient (Wildman–Crippen LogP) is 6.09. The molecular weight excluding hydrogens is 316 g/mol. The van der Waals surface area contributed by atoms with E-state index in [2.05, 4.69) is 69.0 Å². The monoisotopic (exact) mass is 348 g/mol. The maximum atomic E-state index is 5.03. The Balaban J connectivity index is 1.73. The summed E-state index contributed by atoms with van der Waals surface area (Å²) in [7, 11) is 0. The molecule has 1 fully saturated rings. The van der Waals surface area contributed by atoms with Gasteiger partial charge in [0, 0.05) is 18.7 Å². The topological polar surface area (TPSA) is 16.1 Å². The molecule has 2 heterocycles. The fourth-order valence-electron chi connectivity index (χ4n) is 4.63. The zero-order chi connectivity index (χ0) is 18.4. The number of aromatic nitrogens is 1. The van der Waals surface area contributed by atoms with Crippen LogP contribution in [0.4, 0.5) is 5.82 Å². The highest BCUT2D eigenvalue weighted by atomic mass is 15.2. The number of benzene rings is 1. The number of hydrogen-bond donors (Lipinski definition) is 0. The molecule has 2 aliphatic rings. The molecule has 1 aromatic heterocycles. The summed E-state index contributed by atoms with van der Waals surface area (Å²) in [6.07, 6.45) is 6.43. The van der Waals surface area contributed by atoms with Gasteiger partial charge in [0.1, 0.15) is 5.82 Å². The van der Waals surface area contributed by atoms with Crippen molar-refractivity contribution in [2.75, 3.05) is 18.0 Å². The van der Waals surface area contributed by atoms with Crippen molar-refractivity contribution >= 4 is 5.82 Å². The molecule has 138 valence electrons. The Labute approximate surface area is 158 Å². The lowest BCUT2D eigenvalue weighted by Gasteiger charge is -2.42. The summed E-state index contributed by atoms with van der Waals surface area (Å²) < 4.78 is 0. The summed E-state index contributed by atoms with van der Waals surface area (Å²) in [6.45, 7) is 11.8. The smallest absolute Gasteiger partial charge is 0.129 e. The van der Waals surface area contributed by atoms with Crippen LogP contribution in [-0.2, 0) is 10.8 Å². The first-order valence-electron chi connectivity index (χ1n) is 10.2. The van der Waals surface area contributed by atoms with E-state index in [0.29, 0.717) is 0 Å². The van der Waals surface area contributed by atoms with Crippen LogP contribution in [0.3, 0.4) is 0 Å². The van der Waals surface area contributed by atoms with Crippen molar-refractivity contribution in [3.05, 3.63) is 47.5 Å². The third-order valence-electron chi connectivity index (χ3n) is 6.56. The molecule has 4 rings (SSSR count). The Morgan fingerprint density at radius 2 is 1.50 bits per heavy atom. The predicted molar refractivity (Wildman–Crippen MR) is 111 cm³/mol. The molecule has 2 nitrogen and oxygen atoms in total. The molecular formula is C24H32N2. The van der Waals surface area contributed by atoms with Gasteiger partial charge in [0.25, 0.3) is 0 Å². The van der Waals surface area contributed by atoms with Crippen molar-refractivity contribution in [3.8, 4) is 11.3 Å². The molecule has 2 heteroatoms. The van der Waals surface area contributed by atoms with E-state index < -0.39 is 0 Å². The lowest BCUT2D eigenvalue weighted by Crippen LogP contribution is -2.33. The van der Waals surface area contributed by atoms with Crippen molar-refractivity contribution in [1.82, 2.24) is 4.98 Å². The van der Waals surface area contributed by atoms with Crippen LogP contribution in [0.5, 0.6) is 0 Å². The number of fused-ring (bicyclic) bond motifs is 1. The van der Waals surface area contributed by atoms with E-state index in [1.165, 1.54) is 48.8 Å². The highest BCUT2D eigenvalue weighted by Crippen LogP contribution is 2.46. The standard InChI is InChI=1S/C24H32N2/c1-23(2)13-14-24(3,4)20-17-18(11-12-19(20)23)21-9-8-10-22(25-21)26-15-6-5-7-16-26/h8-12,17H,5-7,13-16H2,1-4H3. The Morgan fingerprint density at radius 3 is 2.23 bits per heavy atom. The number of hydrogen-bond acceptors (Lipinski definition) is 2. The van der Waals surface area contributed by atoms with Gasteiger partial charge in [-0.3, -0.25) is 0 Å². The zero-order valence-corrected chi connectivity index (χ0v) is 16.8. The van der Waals surface area contributed by atoms with E-state index in [0.717, 1.165) is 24.6 Å². The molecule has 0 atom stereocenters. The molecule has 2 aromatic rings. The molecule has 1 aliphatic heterocycles. The molecule has 0 bridgehead atoms. The normalized spacial score (nSPS) is 21.3. The summed E-state index contributed by atoms with van der Waals surface area (Å²) in [4.78, 5) is 7.47. The largest absolute Gasteiger partial charge is 0.357 e. The van der Waals surface area contributed by atoms with Gasteiger partial charge < -0.3 is 4.90 Å². The van der Waals surface area contributed by atoms with E-state index >= 15 is 0 Å². The number of piperidine rings is 1. The zero-order valence-electron chi connectivity index (χ0n) is 16.8. The second kappa shape index (κ2) is 6.40. The van der Waals surface area contributed by atoms with E-state index in [9.17, 15) is 0 Å². The van der Waals surface area contributed by atoms with E-state index in [1.807, 2.05) is 0 Å². The van der Waals surface area contributed by atoms with Crippen molar-refractivity contribution in [1.29, 1.82) is 0 Å². The minimum atomic E-state index is 0.241. The van der Waals surface area contributed by atoms with E-state index in [-0.39, 0.29) is 10.8 Å². The first kappa shape index (κ1) is 17.6. The van der Waals surface area contributed by atoms with Crippen LogP contribution in [-0.4, -0.2) is 18.1 Å². The lowest BCUT2D eigenvalue weighted by molar-refractivity contribution is 0.332. The molecule has 0 saturated carbocycles. The third kappa shape index (κ3) is 3.15. The van der Waals surface area contributed by atoms with Gasteiger partial charge in [0.2, 0.25) is 0 Å². The van der Waals surface area contributed by atoms with Gasteiger partial charge in [-0.25, -0.2) is 4.98 Å². The maximum absolute atomic E-state index is 5.03. The molecule has 1 saturated heterocycles. The first-order valence-corrected chi connectivity index (χ1v) is 10.2. The van der Waals surface area contributed by atoms with E-state index in [4.69, 9.17) is 4.98 Å². The van der Waals surface area contributed by atoms with Crippen LogP contribution in [0.2, 0.25) is 0 Å². The van der Waals surface area contributed by atoms with Crippen LogP contribution >= 0.6 is 0 Å². The van der Waals surface area contributed by atoms with Crippen LogP contribution in [0, 0.1) is 0 Å². The van der Waals surface area contributed by atoms with Crippen molar-refractivity contribution < 1.29 is 0 Å². The maximum Gasteiger partial charge on any atom is 0.129 e.